The van der Waals surface area contributed by atoms with E-state index in [2.05, 4.69) is 5.10 Å². The monoisotopic (exact) mass is 198 g/mol. The molecule has 0 saturated carbocycles. The molecular weight excluding hydrogens is 188 g/mol. The van der Waals surface area contributed by atoms with Gasteiger partial charge in [0, 0.05) is 12.8 Å². The first-order valence-electron chi connectivity index (χ1n) is 4.33. The molecule has 0 spiro atoms. The molecule has 0 aromatic rings. The van der Waals surface area contributed by atoms with Gasteiger partial charge in [0.1, 0.15) is 0 Å². The Hall–Kier alpha value is -0.840. The number of hydrogen-bond donors (Lipinski definition) is 0. The van der Waals surface area contributed by atoms with Crippen LogP contribution in [0.4, 0.5) is 0 Å². The van der Waals surface area contributed by atoms with Gasteiger partial charge in [0.15, 0.2) is 0 Å². The Kier molecular flexibility index (Phi) is 2.35. The maximum Gasteiger partial charge on any atom is 0.250 e. The summed E-state index contributed by atoms with van der Waals surface area (Å²) in [6.07, 6.45) is 2.64. The Morgan fingerprint density at radius 1 is 1.15 bits per heavy atom. The number of imide groups is 1. The Balaban J connectivity index is 2.11. The number of carbonyl (C=O) groups excluding carboxylic acids is 2. The molecule has 2 aliphatic rings. The van der Waals surface area contributed by atoms with E-state index in [1.165, 1.54) is 0 Å². The van der Waals surface area contributed by atoms with E-state index in [0.717, 1.165) is 28.6 Å². The van der Waals surface area contributed by atoms with Crippen LogP contribution in [0.1, 0.15) is 25.7 Å². The van der Waals surface area contributed by atoms with E-state index in [-0.39, 0.29) is 11.8 Å². The second-order valence-corrected chi connectivity index (χ2v) is 4.21. The van der Waals surface area contributed by atoms with Gasteiger partial charge in [0.05, 0.1) is 5.04 Å². The molecule has 2 heterocycles. The van der Waals surface area contributed by atoms with Crippen LogP contribution in [0, 0.1) is 0 Å². The average molecular weight is 198 g/mol. The van der Waals surface area contributed by atoms with Crippen LogP contribution in [0.15, 0.2) is 5.10 Å². The highest BCUT2D eigenvalue weighted by Gasteiger charge is 2.29. The third-order valence-corrected chi connectivity index (χ3v) is 3.15. The molecule has 13 heavy (non-hydrogen) atoms. The fraction of sp³-hybridized carbons (Fsp3) is 0.625. The van der Waals surface area contributed by atoms with Gasteiger partial charge in [0.25, 0.3) is 0 Å². The molecule has 2 rings (SSSR count). The van der Waals surface area contributed by atoms with Crippen molar-refractivity contribution in [3.05, 3.63) is 0 Å². The fourth-order valence-electron chi connectivity index (χ4n) is 1.35. The number of nitrogens with zero attached hydrogens (tertiary/aromatic N) is 2. The largest absolute Gasteiger partial charge is 0.272 e. The second-order valence-electron chi connectivity index (χ2n) is 3.05. The third kappa shape index (κ3) is 1.75. The normalized spacial score (nSPS) is 26.5. The minimum atomic E-state index is -0.162. The number of rotatable bonds is 1. The summed E-state index contributed by atoms with van der Waals surface area (Å²) in [4.78, 5) is 22.3. The van der Waals surface area contributed by atoms with Crippen molar-refractivity contribution in [3.8, 4) is 0 Å². The van der Waals surface area contributed by atoms with E-state index >= 15 is 0 Å². The summed E-state index contributed by atoms with van der Waals surface area (Å²) < 4.78 is 0. The lowest BCUT2D eigenvalue weighted by molar-refractivity contribution is -0.138. The van der Waals surface area contributed by atoms with Crippen LogP contribution in [0.3, 0.4) is 0 Å². The van der Waals surface area contributed by atoms with Gasteiger partial charge >= 0.3 is 0 Å². The molecule has 0 N–H and O–H groups in total. The van der Waals surface area contributed by atoms with Gasteiger partial charge in [-0.3, -0.25) is 9.59 Å². The van der Waals surface area contributed by atoms with Crippen LogP contribution in [0.2, 0.25) is 0 Å². The van der Waals surface area contributed by atoms with Crippen LogP contribution in [0.25, 0.3) is 0 Å². The molecule has 0 radical (unpaired) electrons. The molecule has 0 bridgehead atoms. The molecule has 2 aliphatic heterocycles. The number of thioether (sulfide) groups is 1. The first-order valence-corrected chi connectivity index (χ1v) is 5.32. The van der Waals surface area contributed by atoms with Gasteiger partial charge in [-0.15, -0.1) is 11.8 Å². The number of amides is 2. The highest BCUT2D eigenvalue weighted by molar-refractivity contribution is 8.14. The van der Waals surface area contributed by atoms with Crippen molar-refractivity contribution >= 4 is 28.6 Å². The van der Waals surface area contributed by atoms with E-state index in [9.17, 15) is 9.59 Å². The highest BCUT2D eigenvalue weighted by Crippen LogP contribution is 2.22. The van der Waals surface area contributed by atoms with Gasteiger partial charge < -0.3 is 0 Å². The van der Waals surface area contributed by atoms with E-state index in [1.807, 2.05) is 0 Å². The lowest BCUT2D eigenvalue weighted by atomic mass is 10.4. The fourth-order valence-corrected chi connectivity index (χ4v) is 2.30. The zero-order valence-electron chi connectivity index (χ0n) is 7.15. The zero-order chi connectivity index (χ0) is 9.26. The molecule has 70 valence electrons. The smallest absolute Gasteiger partial charge is 0.250 e. The van der Waals surface area contributed by atoms with E-state index in [4.69, 9.17) is 0 Å². The SMILES string of the molecule is O=C1CCC(=O)N1N=C1CCCS1. The first kappa shape index (κ1) is 8.74. The van der Waals surface area contributed by atoms with E-state index in [1.54, 1.807) is 11.8 Å². The molecule has 0 atom stereocenters. The third-order valence-electron chi connectivity index (χ3n) is 2.04. The van der Waals surface area contributed by atoms with Gasteiger partial charge in [-0.2, -0.15) is 10.1 Å². The van der Waals surface area contributed by atoms with Crippen LogP contribution < -0.4 is 0 Å². The Morgan fingerprint density at radius 3 is 2.38 bits per heavy atom. The van der Waals surface area contributed by atoms with Crippen LogP contribution in [-0.4, -0.2) is 27.6 Å². The van der Waals surface area contributed by atoms with Gasteiger partial charge in [-0.1, -0.05) is 0 Å². The summed E-state index contributed by atoms with van der Waals surface area (Å²) in [5.41, 5.74) is 0. The lowest BCUT2D eigenvalue weighted by Crippen LogP contribution is -2.23. The zero-order valence-corrected chi connectivity index (χ0v) is 7.97. The Labute approximate surface area is 80.4 Å². The van der Waals surface area contributed by atoms with Crippen molar-refractivity contribution in [2.75, 3.05) is 5.75 Å². The van der Waals surface area contributed by atoms with Crippen molar-refractivity contribution in [1.82, 2.24) is 5.01 Å². The summed E-state index contributed by atoms with van der Waals surface area (Å²) in [5, 5.41) is 6.01. The van der Waals surface area contributed by atoms with Crippen molar-refractivity contribution in [2.45, 2.75) is 25.7 Å². The van der Waals surface area contributed by atoms with Crippen molar-refractivity contribution < 1.29 is 9.59 Å². The predicted octanol–water partition coefficient (Wildman–Crippen LogP) is 0.976. The maximum atomic E-state index is 11.2. The maximum absolute atomic E-state index is 11.2. The molecule has 2 saturated heterocycles. The summed E-state index contributed by atoms with van der Waals surface area (Å²) in [7, 11) is 0. The highest BCUT2D eigenvalue weighted by atomic mass is 32.2. The minimum absolute atomic E-state index is 0.162. The molecule has 0 aromatic heterocycles. The number of hydrogen-bond acceptors (Lipinski definition) is 4. The van der Waals surface area contributed by atoms with E-state index < -0.39 is 0 Å². The summed E-state index contributed by atoms with van der Waals surface area (Å²) in [6.45, 7) is 0. The Bertz CT molecular complexity index is 264. The van der Waals surface area contributed by atoms with Crippen LogP contribution in [-0.2, 0) is 9.59 Å². The molecule has 2 amide bonds. The average Bonchev–Trinajstić information content (AvgIpc) is 2.70. The van der Waals surface area contributed by atoms with Gasteiger partial charge in [-0.05, 0) is 18.6 Å². The van der Waals surface area contributed by atoms with Crippen LogP contribution in [0.5, 0.6) is 0 Å². The molecule has 0 unspecified atom stereocenters. The topological polar surface area (TPSA) is 49.7 Å². The standard InChI is InChI=1S/C8H10N2O2S/c11-7-3-4-8(12)10(7)9-6-2-1-5-13-6/h1-5H2. The number of carbonyl (C=O) groups is 2. The second kappa shape index (κ2) is 3.49. The van der Waals surface area contributed by atoms with Gasteiger partial charge in [0.2, 0.25) is 11.8 Å². The van der Waals surface area contributed by atoms with Crippen LogP contribution >= 0.6 is 11.8 Å². The predicted molar refractivity (Wildman–Crippen MR) is 50.2 cm³/mol. The quantitative estimate of drug-likeness (QED) is 0.590. The number of hydrazone groups is 1. The molecule has 4 nitrogen and oxygen atoms in total. The molecule has 2 fully saturated rings. The molecule has 0 aromatic carbocycles. The first-order chi connectivity index (χ1) is 6.27. The summed E-state index contributed by atoms with van der Waals surface area (Å²) in [5.74, 6) is 0.727. The van der Waals surface area contributed by atoms with Crippen molar-refractivity contribution in [2.24, 2.45) is 5.10 Å². The minimum Gasteiger partial charge on any atom is -0.272 e. The summed E-state index contributed by atoms with van der Waals surface area (Å²) in [6, 6.07) is 0. The molecular formula is C8H10N2O2S. The molecule has 0 aliphatic carbocycles. The van der Waals surface area contributed by atoms with E-state index in [0.29, 0.717) is 12.8 Å². The lowest BCUT2D eigenvalue weighted by Gasteiger charge is -2.06. The summed E-state index contributed by atoms with van der Waals surface area (Å²) >= 11 is 1.64. The van der Waals surface area contributed by atoms with Crippen molar-refractivity contribution in [3.63, 3.8) is 0 Å². The Morgan fingerprint density at radius 2 is 1.85 bits per heavy atom. The van der Waals surface area contributed by atoms with Gasteiger partial charge in [-0.25, -0.2) is 0 Å². The van der Waals surface area contributed by atoms with Crippen molar-refractivity contribution in [1.29, 1.82) is 0 Å². The molecule has 5 heteroatoms.